The minimum Gasteiger partial charge on any atom is -0.296 e. The smallest absolute Gasteiger partial charge is 0.235 e. The highest BCUT2D eigenvalue weighted by molar-refractivity contribution is 9.10. The summed E-state index contributed by atoms with van der Waals surface area (Å²) < 4.78 is 3.82. The van der Waals surface area contributed by atoms with Crippen molar-refractivity contribution in [3.8, 4) is 0 Å². The molecule has 0 aliphatic rings. The van der Waals surface area contributed by atoms with E-state index in [1.807, 2.05) is 45.0 Å². The van der Waals surface area contributed by atoms with Crippen LogP contribution >= 0.6 is 27.9 Å². The molecule has 1 N–H and O–H groups in total. The van der Waals surface area contributed by atoms with Crippen LogP contribution in [0, 0.1) is 5.41 Å². The summed E-state index contributed by atoms with van der Waals surface area (Å²) in [5, 5.41) is 0. The van der Waals surface area contributed by atoms with Gasteiger partial charge >= 0.3 is 0 Å². The van der Waals surface area contributed by atoms with Gasteiger partial charge in [0.15, 0.2) is 0 Å². The van der Waals surface area contributed by atoms with E-state index in [2.05, 4.69) is 20.7 Å². The molecule has 4 heteroatoms. The van der Waals surface area contributed by atoms with Crippen LogP contribution < -0.4 is 4.72 Å². The van der Waals surface area contributed by atoms with Crippen LogP contribution in [0.5, 0.6) is 0 Å². The topological polar surface area (TPSA) is 29.1 Å². The average Bonchev–Trinajstić information content (AvgIpc) is 2.14. The Hall–Kier alpha value is -0.480. The number of rotatable bonds is 2. The van der Waals surface area contributed by atoms with Gasteiger partial charge in [0.2, 0.25) is 5.91 Å². The number of nitrogens with one attached hydrogen (secondary N) is 1. The van der Waals surface area contributed by atoms with Crippen LogP contribution in [-0.4, -0.2) is 5.91 Å². The summed E-state index contributed by atoms with van der Waals surface area (Å²) in [5.74, 6) is 0.0308. The molecule has 1 aromatic rings. The fraction of sp³-hybridized carbons (Fsp3) is 0.364. The van der Waals surface area contributed by atoms with Crippen molar-refractivity contribution in [2.24, 2.45) is 5.41 Å². The van der Waals surface area contributed by atoms with E-state index in [-0.39, 0.29) is 11.3 Å². The maximum atomic E-state index is 11.6. The number of halogens is 1. The maximum Gasteiger partial charge on any atom is 0.235 e. The van der Waals surface area contributed by atoms with Crippen molar-refractivity contribution < 1.29 is 4.79 Å². The van der Waals surface area contributed by atoms with Crippen LogP contribution in [0.25, 0.3) is 0 Å². The first-order valence-electron chi connectivity index (χ1n) is 4.63. The zero-order chi connectivity index (χ0) is 11.5. The van der Waals surface area contributed by atoms with E-state index in [0.717, 1.165) is 9.37 Å². The van der Waals surface area contributed by atoms with Gasteiger partial charge in [0, 0.05) is 14.8 Å². The van der Waals surface area contributed by atoms with Gasteiger partial charge in [0.1, 0.15) is 0 Å². The Morgan fingerprint density at radius 2 is 1.93 bits per heavy atom. The van der Waals surface area contributed by atoms with Gasteiger partial charge in [-0.15, -0.1) is 0 Å². The lowest BCUT2D eigenvalue weighted by Crippen LogP contribution is -2.30. The standard InChI is InChI=1S/C11H14BrNOS/c1-11(2,3)10(14)13-15-9-7-5-4-6-8(9)12/h4-7H,1-3H3,(H,13,14). The molecule has 0 unspecified atom stereocenters. The molecular weight excluding hydrogens is 274 g/mol. The molecule has 0 heterocycles. The van der Waals surface area contributed by atoms with Crippen LogP contribution in [0.3, 0.4) is 0 Å². The van der Waals surface area contributed by atoms with Crippen LogP contribution in [0.15, 0.2) is 33.6 Å². The molecule has 0 atom stereocenters. The third-order valence-corrected chi connectivity index (χ3v) is 3.59. The van der Waals surface area contributed by atoms with Crippen molar-refractivity contribution in [3.63, 3.8) is 0 Å². The predicted molar refractivity (Wildman–Crippen MR) is 67.6 cm³/mol. The van der Waals surface area contributed by atoms with Crippen molar-refractivity contribution >= 4 is 33.8 Å². The molecule has 0 aliphatic carbocycles. The summed E-state index contributed by atoms with van der Waals surface area (Å²) in [4.78, 5) is 12.6. The van der Waals surface area contributed by atoms with Gasteiger partial charge in [-0.2, -0.15) is 0 Å². The Kier molecular flexibility index (Phi) is 4.22. The Morgan fingerprint density at radius 1 is 1.33 bits per heavy atom. The zero-order valence-corrected chi connectivity index (χ0v) is 11.4. The summed E-state index contributed by atoms with van der Waals surface area (Å²) >= 11 is 4.76. The first kappa shape index (κ1) is 12.6. The normalized spacial score (nSPS) is 11.2. The summed E-state index contributed by atoms with van der Waals surface area (Å²) in [6.07, 6.45) is 0. The molecule has 0 radical (unpaired) electrons. The van der Waals surface area contributed by atoms with Crippen molar-refractivity contribution in [2.45, 2.75) is 25.7 Å². The van der Waals surface area contributed by atoms with E-state index >= 15 is 0 Å². The first-order valence-corrected chi connectivity index (χ1v) is 6.24. The highest BCUT2D eigenvalue weighted by Crippen LogP contribution is 2.26. The van der Waals surface area contributed by atoms with E-state index in [1.165, 1.54) is 11.9 Å². The molecular formula is C11H14BrNOS. The predicted octanol–water partition coefficient (Wildman–Crippen LogP) is 3.62. The molecule has 0 bridgehead atoms. The summed E-state index contributed by atoms with van der Waals surface area (Å²) in [5.41, 5.74) is -0.353. The lowest BCUT2D eigenvalue weighted by Gasteiger charge is -2.17. The summed E-state index contributed by atoms with van der Waals surface area (Å²) in [7, 11) is 0. The molecule has 1 aromatic carbocycles. The zero-order valence-electron chi connectivity index (χ0n) is 9.00. The van der Waals surface area contributed by atoms with Gasteiger partial charge in [-0.25, -0.2) is 0 Å². The Morgan fingerprint density at radius 3 is 2.47 bits per heavy atom. The molecule has 82 valence electrons. The molecule has 15 heavy (non-hydrogen) atoms. The van der Waals surface area contributed by atoms with Crippen LogP contribution in [-0.2, 0) is 4.79 Å². The molecule has 0 saturated carbocycles. The molecule has 0 aliphatic heterocycles. The van der Waals surface area contributed by atoms with E-state index in [1.54, 1.807) is 0 Å². The second-order valence-electron chi connectivity index (χ2n) is 4.21. The third kappa shape index (κ3) is 3.87. The highest BCUT2D eigenvalue weighted by Gasteiger charge is 2.21. The largest absolute Gasteiger partial charge is 0.296 e. The average molecular weight is 288 g/mol. The van der Waals surface area contributed by atoms with E-state index in [0.29, 0.717) is 0 Å². The molecule has 0 fully saturated rings. The summed E-state index contributed by atoms with van der Waals surface area (Å²) in [6, 6.07) is 7.79. The van der Waals surface area contributed by atoms with Crippen LogP contribution in [0.1, 0.15) is 20.8 Å². The summed E-state index contributed by atoms with van der Waals surface area (Å²) in [6.45, 7) is 5.68. The number of amides is 1. The fourth-order valence-electron chi connectivity index (χ4n) is 0.782. The third-order valence-electron chi connectivity index (χ3n) is 1.77. The number of hydrogen-bond acceptors (Lipinski definition) is 2. The molecule has 2 nitrogen and oxygen atoms in total. The second-order valence-corrected chi connectivity index (χ2v) is 5.92. The van der Waals surface area contributed by atoms with Gasteiger partial charge in [-0.05, 0) is 40.0 Å². The van der Waals surface area contributed by atoms with Crippen molar-refractivity contribution in [1.82, 2.24) is 4.72 Å². The lowest BCUT2D eigenvalue weighted by atomic mass is 9.96. The number of hydrogen-bond donors (Lipinski definition) is 1. The van der Waals surface area contributed by atoms with Crippen LogP contribution in [0.4, 0.5) is 0 Å². The minimum absolute atomic E-state index is 0.0308. The molecule has 0 saturated heterocycles. The van der Waals surface area contributed by atoms with Crippen LogP contribution in [0.2, 0.25) is 0 Å². The maximum absolute atomic E-state index is 11.6. The number of carbonyl (C=O) groups is 1. The van der Waals surface area contributed by atoms with Gasteiger partial charge in [0.05, 0.1) is 0 Å². The van der Waals surface area contributed by atoms with Gasteiger partial charge < -0.3 is 0 Å². The van der Waals surface area contributed by atoms with Gasteiger partial charge in [-0.1, -0.05) is 32.9 Å². The Labute approximate surface area is 103 Å². The lowest BCUT2D eigenvalue weighted by molar-refractivity contribution is -0.126. The second kappa shape index (κ2) is 5.03. The highest BCUT2D eigenvalue weighted by atomic mass is 79.9. The first-order chi connectivity index (χ1) is 6.91. The minimum atomic E-state index is -0.353. The quantitative estimate of drug-likeness (QED) is 0.842. The van der Waals surface area contributed by atoms with Gasteiger partial charge in [-0.3, -0.25) is 9.52 Å². The molecule has 0 aromatic heterocycles. The van der Waals surface area contributed by atoms with Gasteiger partial charge in [0.25, 0.3) is 0 Å². The fourth-order valence-corrected chi connectivity index (χ4v) is 2.13. The van der Waals surface area contributed by atoms with E-state index in [4.69, 9.17) is 0 Å². The SMILES string of the molecule is CC(C)(C)C(=O)NSc1ccccc1Br. The number of carbonyl (C=O) groups excluding carboxylic acids is 1. The molecule has 0 spiro atoms. The Bertz CT molecular complexity index is 360. The van der Waals surface area contributed by atoms with Crippen molar-refractivity contribution in [3.05, 3.63) is 28.7 Å². The molecule has 1 rings (SSSR count). The molecule has 1 amide bonds. The van der Waals surface area contributed by atoms with E-state index < -0.39 is 0 Å². The van der Waals surface area contributed by atoms with Crippen molar-refractivity contribution in [1.29, 1.82) is 0 Å². The van der Waals surface area contributed by atoms with E-state index in [9.17, 15) is 4.79 Å². The monoisotopic (exact) mass is 287 g/mol. The van der Waals surface area contributed by atoms with Crippen molar-refractivity contribution in [2.75, 3.05) is 0 Å². The number of benzene rings is 1. The Balaban J connectivity index is 2.59.